The van der Waals surface area contributed by atoms with Crippen LogP contribution in [0.3, 0.4) is 0 Å². The van der Waals surface area contributed by atoms with Crippen molar-refractivity contribution < 1.29 is 0 Å². The molecule has 1 unspecified atom stereocenters. The second kappa shape index (κ2) is 6.01. The monoisotopic (exact) mass is 263 g/mol. The first-order valence-corrected chi connectivity index (χ1v) is 8.08. The number of benzene rings is 1. The zero-order valence-corrected chi connectivity index (χ0v) is 12.6. The molecule has 0 saturated heterocycles. The molecule has 2 rings (SSSR count). The van der Waals surface area contributed by atoms with Crippen molar-refractivity contribution in [3.8, 4) is 0 Å². The fourth-order valence-corrected chi connectivity index (χ4v) is 3.68. The summed E-state index contributed by atoms with van der Waals surface area (Å²) >= 11 is 1.93. The molecule has 1 nitrogen and oxygen atoms in total. The van der Waals surface area contributed by atoms with Gasteiger partial charge in [0.1, 0.15) is 0 Å². The fourth-order valence-electron chi connectivity index (χ4n) is 2.91. The molecule has 0 bridgehead atoms. The molecule has 1 atom stereocenters. The minimum atomic E-state index is 0.503. The molecule has 0 spiro atoms. The summed E-state index contributed by atoms with van der Waals surface area (Å²) in [6, 6.07) is 9.36. The van der Waals surface area contributed by atoms with Crippen LogP contribution in [-0.2, 0) is 0 Å². The molecule has 18 heavy (non-hydrogen) atoms. The Morgan fingerprint density at radius 3 is 2.83 bits per heavy atom. The quantitative estimate of drug-likeness (QED) is 0.751. The van der Waals surface area contributed by atoms with E-state index in [1.54, 1.807) is 0 Å². The van der Waals surface area contributed by atoms with E-state index in [9.17, 15) is 0 Å². The van der Waals surface area contributed by atoms with E-state index in [2.05, 4.69) is 50.4 Å². The Morgan fingerprint density at radius 2 is 2.11 bits per heavy atom. The van der Waals surface area contributed by atoms with E-state index in [0.29, 0.717) is 11.5 Å². The van der Waals surface area contributed by atoms with E-state index < -0.39 is 0 Å². The number of rotatable bonds is 4. The van der Waals surface area contributed by atoms with Crippen molar-refractivity contribution in [3.63, 3.8) is 0 Å². The van der Waals surface area contributed by atoms with Crippen LogP contribution in [0.15, 0.2) is 29.2 Å². The Labute approximate surface area is 116 Å². The van der Waals surface area contributed by atoms with Crippen LogP contribution in [0, 0.1) is 5.41 Å². The van der Waals surface area contributed by atoms with Gasteiger partial charge in [0.2, 0.25) is 0 Å². The summed E-state index contributed by atoms with van der Waals surface area (Å²) in [6.45, 7) is 7.01. The first-order chi connectivity index (χ1) is 8.61. The van der Waals surface area contributed by atoms with Crippen LogP contribution in [0.4, 0.5) is 5.69 Å². The molecular weight excluding hydrogens is 238 g/mol. The van der Waals surface area contributed by atoms with Gasteiger partial charge in [-0.05, 0) is 42.6 Å². The van der Waals surface area contributed by atoms with Crippen LogP contribution in [0.5, 0.6) is 0 Å². The molecule has 0 amide bonds. The van der Waals surface area contributed by atoms with Crippen molar-refractivity contribution >= 4 is 17.4 Å². The van der Waals surface area contributed by atoms with Crippen LogP contribution in [0.1, 0.15) is 46.5 Å². The van der Waals surface area contributed by atoms with E-state index in [1.807, 2.05) is 11.8 Å². The van der Waals surface area contributed by atoms with Crippen LogP contribution >= 0.6 is 11.8 Å². The molecule has 1 aromatic carbocycles. The third kappa shape index (κ3) is 3.68. The SMILES string of the molecule is CCSc1ccccc1NC1CCCC(C)(C)C1. The van der Waals surface area contributed by atoms with Crippen molar-refractivity contribution in [1.82, 2.24) is 0 Å². The lowest BCUT2D eigenvalue weighted by atomic mass is 9.75. The van der Waals surface area contributed by atoms with Crippen molar-refractivity contribution in [3.05, 3.63) is 24.3 Å². The van der Waals surface area contributed by atoms with Gasteiger partial charge < -0.3 is 5.32 Å². The molecule has 0 radical (unpaired) electrons. The number of thioether (sulfide) groups is 1. The Bertz CT molecular complexity index is 386. The molecule has 1 fully saturated rings. The van der Waals surface area contributed by atoms with Gasteiger partial charge in [0.05, 0.1) is 0 Å². The Balaban J connectivity index is 2.04. The topological polar surface area (TPSA) is 12.0 Å². The molecular formula is C16H25NS. The molecule has 1 N–H and O–H groups in total. The highest BCUT2D eigenvalue weighted by Gasteiger charge is 2.27. The standard InChI is InChI=1S/C16H25NS/c1-4-18-15-10-6-5-9-14(15)17-13-8-7-11-16(2,3)12-13/h5-6,9-10,13,17H,4,7-8,11-12H2,1-3H3. The minimum absolute atomic E-state index is 0.503. The fraction of sp³-hybridized carbons (Fsp3) is 0.625. The number of nitrogens with one attached hydrogen (secondary N) is 1. The lowest BCUT2D eigenvalue weighted by molar-refractivity contribution is 0.229. The summed E-state index contributed by atoms with van der Waals surface area (Å²) in [6.07, 6.45) is 5.33. The molecule has 100 valence electrons. The molecule has 1 aromatic rings. The smallest absolute Gasteiger partial charge is 0.0480 e. The third-order valence-corrected chi connectivity index (χ3v) is 4.71. The summed E-state index contributed by atoms with van der Waals surface area (Å²) < 4.78 is 0. The maximum Gasteiger partial charge on any atom is 0.0480 e. The van der Waals surface area contributed by atoms with Gasteiger partial charge in [0.15, 0.2) is 0 Å². The molecule has 2 heteroatoms. The average molecular weight is 263 g/mol. The predicted octanol–water partition coefficient (Wildman–Crippen LogP) is 5.18. The lowest BCUT2D eigenvalue weighted by Gasteiger charge is -2.36. The summed E-state index contributed by atoms with van der Waals surface area (Å²) in [5.74, 6) is 1.13. The first-order valence-electron chi connectivity index (χ1n) is 7.09. The normalized spacial score (nSPS) is 22.7. The van der Waals surface area contributed by atoms with Gasteiger partial charge in [-0.25, -0.2) is 0 Å². The summed E-state index contributed by atoms with van der Waals surface area (Å²) in [4.78, 5) is 1.39. The third-order valence-electron chi connectivity index (χ3n) is 3.75. The second-order valence-electron chi connectivity index (χ2n) is 6.03. The highest BCUT2D eigenvalue weighted by molar-refractivity contribution is 7.99. The number of para-hydroxylation sites is 1. The van der Waals surface area contributed by atoms with E-state index in [1.165, 1.54) is 36.3 Å². The molecule has 1 aliphatic rings. The zero-order chi connectivity index (χ0) is 13.0. The van der Waals surface area contributed by atoms with Crippen LogP contribution in [0.2, 0.25) is 0 Å². The van der Waals surface area contributed by atoms with E-state index in [0.717, 1.165) is 5.75 Å². The molecule has 1 saturated carbocycles. The summed E-state index contributed by atoms with van der Waals surface area (Å²) in [5.41, 5.74) is 1.83. The Hall–Kier alpha value is -0.630. The van der Waals surface area contributed by atoms with E-state index in [-0.39, 0.29) is 0 Å². The highest BCUT2D eigenvalue weighted by atomic mass is 32.2. The predicted molar refractivity (Wildman–Crippen MR) is 82.5 cm³/mol. The van der Waals surface area contributed by atoms with Crippen LogP contribution in [-0.4, -0.2) is 11.8 Å². The summed E-state index contributed by atoms with van der Waals surface area (Å²) in [5, 5.41) is 3.77. The van der Waals surface area contributed by atoms with E-state index in [4.69, 9.17) is 0 Å². The first kappa shape index (κ1) is 13.8. The molecule has 0 aromatic heterocycles. The Kier molecular flexibility index (Phi) is 4.60. The maximum atomic E-state index is 3.77. The lowest BCUT2D eigenvalue weighted by Crippen LogP contribution is -2.31. The van der Waals surface area contributed by atoms with Gasteiger partial charge in [-0.3, -0.25) is 0 Å². The van der Waals surface area contributed by atoms with Crippen LogP contribution < -0.4 is 5.32 Å². The molecule has 0 aliphatic heterocycles. The van der Waals surface area contributed by atoms with Gasteiger partial charge in [-0.1, -0.05) is 39.3 Å². The molecule has 0 heterocycles. The maximum absolute atomic E-state index is 3.77. The number of hydrogen-bond donors (Lipinski definition) is 1. The van der Waals surface area contributed by atoms with Gasteiger partial charge >= 0.3 is 0 Å². The second-order valence-corrected chi connectivity index (χ2v) is 7.34. The number of anilines is 1. The van der Waals surface area contributed by atoms with Gasteiger partial charge in [-0.15, -0.1) is 11.8 Å². The molecule has 1 aliphatic carbocycles. The van der Waals surface area contributed by atoms with Crippen LogP contribution in [0.25, 0.3) is 0 Å². The van der Waals surface area contributed by atoms with Gasteiger partial charge in [-0.2, -0.15) is 0 Å². The average Bonchev–Trinajstić information content (AvgIpc) is 2.31. The number of hydrogen-bond acceptors (Lipinski definition) is 2. The van der Waals surface area contributed by atoms with Gasteiger partial charge in [0, 0.05) is 16.6 Å². The zero-order valence-electron chi connectivity index (χ0n) is 11.8. The largest absolute Gasteiger partial charge is 0.381 e. The minimum Gasteiger partial charge on any atom is -0.381 e. The van der Waals surface area contributed by atoms with Crippen molar-refractivity contribution in [1.29, 1.82) is 0 Å². The van der Waals surface area contributed by atoms with Gasteiger partial charge in [0.25, 0.3) is 0 Å². The highest BCUT2D eigenvalue weighted by Crippen LogP contribution is 2.37. The van der Waals surface area contributed by atoms with Crippen molar-refractivity contribution in [2.75, 3.05) is 11.1 Å². The van der Waals surface area contributed by atoms with E-state index >= 15 is 0 Å². The van der Waals surface area contributed by atoms with Crippen molar-refractivity contribution in [2.24, 2.45) is 5.41 Å². The van der Waals surface area contributed by atoms with Crippen molar-refractivity contribution in [2.45, 2.75) is 57.4 Å². The Morgan fingerprint density at radius 1 is 1.33 bits per heavy atom. The summed E-state index contributed by atoms with van der Waals surface area (Å²) in [7, 11) is 0.